The van der Waals surface area contributed by atoms with Gasteiger partial charge in [0.25, 0.3) is 0 Å². The molecule has 2 aliphatic heterocycles. The molecule has 0 bridgehead atoms. The molecule has 2 aromatic rings. The maximum Gasteiger partial charge on any atom is 0.330 e. The summed E-state index contributed by atoms with van der Waals surface area (Å²) in [6.07, 6.45) is 3.51. The highest BCUT2D eigenvalue weighted by Crippen LogP contribution is 2.47. The van der Waals surface area contributed by atoms with Gasteiger partial charge in [-0.25, -0.2) is 4.79 Å². The van der Waals surface area contributed by atoms with E-state index in [1.165, 1.54) is 11.3 Å². The number of rotatable bonds is 2. The van der Waals surface area contributed by atoms with Gasteiger partial charge in [-0.2, -0.15) is 0 Å². The van der Waals surface area contributed by atoms with Crippen LogP contribution in [-0.2, 0) is 27.2 Å². The molecule has 0 unspecified atom stereocenters. The number of ether oxygens (including phenoxy) is 1. The van der Waals surface area contributed by atoms with Crippen molar-refractivity contribution in [1.29, 1.82) is 0 Å². The maximum absolute atomic E-state index is 12.9. The predicted octanol–water partition coefficient (Wildman–Crippen LogP) is 3.68. The number of carbonyl (C=O) groups is 2. The van der Waals surface area contributed by atoms with Gasteiger partial charge < -0.3 is 14.6 Å². The largest absolute Gasteiger partial charge is 0.460 e. The Morgan fingerprint density at radius 2 is 2.26 bits per heavy atom. The summed E-state index contributed by atoms with van der Waals surface area (Å²) in [6, 6.07) is 5.39. The van der Waals surface area contributed by atoms with Crippen molar-refractivity contribution < 1.29 is 14.3 Å². The Morgan fingerprint density at radius 3 is 3.11 bits per heavy atom. The molecule has 142 valence electrons. The van der Waals surface area contributed by atoms with Crippen molar-refractivity contribution in [3.05, 3.63) is 34.5 Å². The highest BCUT2D eigenvalue weighted by molar-refractivity contribution is 8.01. The number of aromatic amines is 1. The van der Waals surface area contributed by atoms with Crippen LogP contribution in [0.1, 0.15) is 37.4 Å². The van der Waals surface area contributed by atoms with Crippen LogP contribution in [0.25, 0.3) is 10.9 Å². The number of fused-ring (bicyclic) bond motifs is 4. The number of amides is 1. The molecule has 2 fully saturated rings. The van der Waals surface area contributed by atoms with Crippen LogP contribution in [0, 0.1) is 0 Å². The predicted molar refractivity (Wildman–Crippen MR) is 106 cm³/mol. The third-order valence-electron chi connectivity index (χ3n) is 6.10. The molecule has 1 amide bonds. The summed E-state index contributed by atoms with van der Waals surface area (Å²) in [7, 11) is 0. The van der Waals surface area contributed by atoms with Gasteiger partial charge in [-0.05, 0) is 49.9 Å². The quantitative estimate of drug-likeness (QED) is 0.775. The molecule has 2 saturated heterocycles. The van der Waals surface area contributed by atoms with Gasteiger partial charge >= 0.3 is 5.97 Å². The van der Waals surface area contributed by atoms with Crippen LogP contribution < -0.4 is 0 Å². The van der Waals surface area contributed by atoms with Gasteiger partial charge in [-0.1, -0.05) is 11.6 Å². The normalized spacial score (nSPS) is 29.9. The first-order valence-corrected chi connectivity index (χ1v) is 10.8. The van der Waals surface area contributed by atoms with Crippen LogP contribution in [0.15, 0.2) is 18.2 Å². The zero-order valence-corrected chi connectivity index (χ0v) is 16.7. The molecule has 27 heavy (non-hydrogen) atoms. The van der Waals surface area contributed by atoms with Crippen LogP contribution in [0.4, 0.5) is 0 Å². The summed E-state index contributed by atoms with van der Waals surface area (Å²) >= 11 is 7.86. The minimum Gasteiger partial charge on any atom is -0.460 e. The number of aromatic nitrogens is 1. The molecule has 3 atom stereocenters. The first-order valence-electron chi connectivity index (χ1n) is 9.40. The van der Waals surface area contributed by atoms with Crippen LogP contribution in [0.2, 0.25) is 5.02 Å². The molecule has 3 aliphatic rings. The fourth-order valence-electron chi connectivity index (χ4n) is 4.70. The van der Waals surface area contributed by atoms with Gasteiger partial charge in [0.05, 0.1) is 4.87 Å². The Balaban J connectivity index is 1.34. The Bertz CT molecular complexity index is 958. The lowest BCUT2D eigenvalue weighted by atomic mass is 9.93. The molecular formula is C20H21ClN2O3S. The Morgan fingerprint density at radius 1 is 1.41 bits per heavy atom. The molecule has 1 aromatic carbocycles. The Hall–Kier alpha value is -1.66. The number of nitrogens with one attached hydrogen (secondary N) is 1. The molecule has 5 nitrogen and oxygen atoms in total. The van der Waals surface area contributed by atoms with Crippen LogP contribution >= 0.6 is 23.4 Å². The van der Waals surface area contributed by atoms with Gasteiger partial charge in [-0.15, -0.1) is 11.8 Å². The summed E-state index contributed by atoms with van der Waals surface area (Å²) in [4.78, 5) is 30.1. The number of hydrogen-bond donors (Lipinski definition) is 1. The fraction of sp³-hybridized carbons (Fsp3) is 0.500. The Labute approximate surface area is 166 Å². The first-order chi connectivity index (χ1) is 12.9. The molecular weight excluding hydrogens is 384 g/mol. The molecule has 1 N–H and O–H groups in total. The zero-order chi connectivity index (χ0) is 18.8. The fourth-order valence-corrected chi connectivity index (χ4v) is 6.28. The van der Waals surface area contributed by atoms with Crippen LogP contribution in [-0.4, -0.2) is 44.5 Å². The van der Waals surface area contributed by atoms with Crippen LogP contribution in [0.5, 0.6) is 0 Å². The molecule has 3 heterocycles. The van der Waals surface area contributed by atoms with Gasteiger partial charge in [0.1, 0.15) is 12.1 Å². The number of thioether (sulfide) groups is 1. The smallest absolute Gasteiger partial charge is 0.330 e. The van der Waals surface area contributed by atoms with E-state index in [0.717, 1.165) is 30.2 Å². The van der Waals surface area contributed by atoms with E-state index < -0.39 is 6.04 Å². The summed E-state index contributed by atoms with van der Waals surface area (Å²) in [5, 5.41) is 1.81. The van der Waals surface area contributed by atoms with Crippen molar-refractivity contribution in [2.24, 2.45) is 0 Å². The third-order valence-corrected chi connectivity index (χ3v) is 7.84. The highest BCUT2D eigenvalue weighted by Gasteiger charge is 2.53. The molecule has 1 aromatic heterocycles. The molecule has 1 aliphatic carbocycles. The van der Waals surface area contributed by atoms with E-state index in [-0.39, 0.29) is 22.9 Å². The van der Waals surface area contributed by atoms with E-state index in [2.05, 4.69) is 11.9 Å². The lowest BCUT2D eigenvalue weighted by Crippen LogP contribution is -2.47. The van der Waals surface area contributed by atoms with Crippen LogP contribution in [0.3, 0.4) is 0 Å². The van der Waals surface area contributed by atoms with Crippen molar-refractivity contribution in [2.75, 3.05) is 5.75 Å². The molecule has 0 radical (unpaired) electrons. The lowest BCUT2D eigenvalue weighted by Gasteiger charge is -2.31. The Kier molecular flexibility index (Phi) is 3.99. The molecule has 0 spiro atoms. The minimum atomic E-state index is -0.450. The number of nitrogens with zero attached hydrogens (tertiary/aromatic N) is 1. The topological polar surface area (TPSA) is 62.4 Å². The number of carbonyl (C=O) groups excluding carboxylic acids is 2. The lowest BCUT2D eigenvalue weighted by molar-refractivity contribution is -0.158. The number of hydrogen-bond acceptors (Lipinski definition) is 4. The SMILES string of the molecule is C[C@]12CCC(=O)N1[C@H](C(=O)O[C@H]1CCc3[nH]c4ccc(Cl)cc4c3C1)CS2. The number of benzene rings is 1. The number of H-pyrrole nitrogens is 1. The van der Waals surface area contributed by atoms with Gasteiger partial charge in [0.15, 0.2) is 0 Å². The standard InChI is InChI=1S/C20H21ClN2O3S/c1-20-7-6-18(24)23(20)17(10-27-20)19(25)26-12-3-5-16-14(9-12)13-8-11(21)2-4-15(13)22-16/h2,4,8,12,17,22H,3,5-7,9-10H2,1H3/t12-,17-,20-/m0/s1. The second-order valence-electron chi connectivity index (χ2n) is 7.84. The molecule has 5 rings (SSSR count). The third kappa shape index (κ3) is 2.76. The number of halogens is 1. The van der Waals surface area contributed by atoms with Crippen molar-refractivity contribution >= 4 is 46.1 Å². The second-order valence-corrected chi connectivity index (χ2v) is 9.78. The molecule has 7 heteroatoms. The van der Waals surface area contributed by atoms with E-state index in [4.69, 9.17) is 16.3 Å². The zero-order valence-electron chi connectivity index (χ0n) is 15.1. The summed E-state index contributed by atoms with van der Waals surface area (Å²) in [5.41, 5.74) is 3.47. The second kappa shape index (κ2) is 6.17. The highest BCUT2D eigenvalue weighted by atomic mass is 35.5. The van der Waals surface area contributed by atoms with Crippen molar-refractivity contribution in [1.82, 2.24) is 9.88 Å². The average molecular weight is 405 g/mol. The van der Waals surface area contributed by atoms with Crippen molar-refractivity contribution in [2.45, 2.75) is 56.0 Å². The minimum absolute atomic E-state index is 0.0710. The van der Waals surface area contributed by atoms with Gasteiger partial charge in [0.2, 0.25) is 5.91 Å². The molecule has 0 saturated carbocycles. The average Bonchev–Trinajstić information content (AvgIpc) is 3.26. The summed E-state index contributed by atoms with van der Waals surface area (Å²) < 4.78 is 5.89. The monoisotopic (exact) mass is 404 g/mol. The van der Waals surface area contributed by atoms with E-state index in [9.17, 15) is 9.59 Å². The van der Waals surface area contributed by atoms with E-state index in [1.54, 1.807) is 16.7 Å². The number of aryl methyl sites for hydroxylation is 1. The van der Waals surface area contributed by atoms with E-state index >= 15 is 0 Å². The van der Waals surface area contributed by atoms with Gasteiger partial charge in [0, 0.05) is 40.2 Å². The maximum atomic E-state index is 12.9. The summed E-state index contributed by atoms with van der Waals surface area (Å²) in [6.45, 7) is 2.05. The van der Waals surface area contributed by atoms with Crippen molar-refractivity contribution in [3.8, 4) is 0 Å². The number of esters is 1. The van der Waals surface area contributed by atoms with Crippen molar-refractivity contribution in [3.63, 3.8) is 0 Å². The first kappa shape index (κ1) is 17.4. The van der Waals surface area contributed by atoms with E-state index in [0.29, 0.717) is 23.6 Å². The van der Waals surface area contributed by atoms with Gasteiger partial charge in [-0.3, -0.25) is 4.79 Å². The van der Waals surface area contributed by atoms with E-state index in [1.807, 2.05) is 18.2 Å². The summed E-state index contributed by atoms with van der Waals surface area (Å²) in [5.74, 6) is 0.441.